The third kappa shape index (κ3) is 3.73. The Bertz CT molecular complexity index is 983. The first-order chi connectivity index (χ1) is 12.0. The summed E-state index contributed by atoms with van der Waals surface area (Å²) in [6.07, 6.45) is 5.03. The van der Waals surface area contributed by atoms with E-state index in [9.17, 15) is 18.5 Å². The quantitative estimate of drug-likeness (QED) is 0.537. The molecule has 0 saturated heterocycles. The first kappa shape index (κ1) is 16.8. The number of para-hydroxylation sites is 1. The molecule has 3 rings (SSSR count). The second kappa shape index (κ2) is 6.83. The fourth-order valence-electron chi connectivity index (χ4n) is 2.32. The maximum Gasteiger partial charge on any atom is 0.269 e. The molecule has 0 aliphatic heterocycles. The van der Waals surface area contributed by atoms with Crippen molar-refractivity contribution in [3.8, 4) is 5.69 Å². The molecule has 0 aliphatic rings. The van der Waals surface area contributed by atoms with Gasteiger partial charge in [-0.05, 0) is 23.8 Å². The number of imidazole rings is 1. The molecule has 0 spiro atoms. The van der Waals surface area contributed by atoms with Crippen LogP contribution in [0.1, 0.15) is 5.56 Å². The molecule has 1 heterocycles. The summed E-state index contributed by atoms with van der Waals surface area (Å²) in [4.78, 5) is 14.0. The van der Waals surface area contributed by atoms with Crippen molar-refractivity contribution in [3.05, 3.63) is 82.9 Å². The minimum Gasteiger partial charge on any atom is -0.306 e. The monoisotopic (exact) mass is 358 g/mol. The second-order valence-corrected chi connectivity index (χ2v) is 6.94. The van der Waals surface area contributed by atoms with Gasteiger partial charge in [-0.3, -0.25) is 10.1 Å². The number of benzene rings is 2. The molecule has 0 unspecified atom stereocenters. The molecular weight excluding hydrogens is 344 g/mol. The summed E-state index contributed by atoms with van der Waals surface area (Å²) >= 11 is 0. The molecule has 0 aliphatic carbocycles. The summed E-state index contributed by atoms with van der Waals surface area (Å²) < 4.78 is 29.1. The number of sulfonamides is 1. The van der Waals surface area contributed by atoms with Crippen molar-refractivity contribution in [2.24, 2.45) is 0 Å². The van der Waals surface area contributed by atoms with Crippen LogP contribution in [0, 0.1) is 10.1 Å². The summed E-state index contributed by atoms with van der Waals surface area (Å²) in [5.74, 6) is 0. The van der Waals surface area contributed by atoms with Crippen molar-refractivity contribution >= 4 is 15.7 Å². The lowest BCUT2D eigenvalue weighted by Gasteiger charge is -2.11. The molecule has 2 aromatic carbocycles. The molecule has 0 saturated carbocycles. The van der Waals surface area contributed by atoms with E-state index in [0.717, 1.165) is 23.4 Å². The van der Waals surface area contributed by atoms with Crippen LogP contribution in [0.5, 0.6) is 0 Å². The normalized spacial score (nSPS) is 11.4. The molecule has 25 heavy (non-hydrogen) atoms. The van der Waals surface area contributed by atoms with E-state index in [2.05, 4.69) is 9.71 Å². The number of hydrogen-bond donors (Lipinski definition) is 1. The lowest BCUT2D eigenvalue weighted by molar-refractivity contribution is -0.384. The van der Waals surface area contributed by atoms with Gasteiger partial charge in [0.05, 0.1) is 21.8 Å². The van der Waals surface area contributed by atoms with E-state index in [4.69, 9.17) is 0 Å². The highest BCUT2D eigenvalue weighted by atomic mass is 32.2. The second-order valence-electron chi connectivity index (χ2n) is 5.17. The molecule has 0 atom stereocenters. The molecule has 9 heteroatoms. The van der Waals surface area contributed by atoms with Gasteiger partial charge in [0.15, 0.2) is 0 Å². The van der Waals surface area contributed by atoms with Crippen LogP contribution >= 0.6 is 0 Å². The zero-order valence-corrected chi connectivity index (χ0v) is 13.8. The van der Waals surface area contributed by atoms with Gasteiger partial charge in [0.2, 0.25) is 10.0 Å². The molecule has 0 fully saturated rings. The van der Waals surface area contributed by atoms with Crippen molar-refractivity contribution < 1.29 is 13.3 Å². The lowest BCUT2D eigenvalue weighted by Crippen LogP contribution is -2.23. The van der Waals surface area contributed by atoms with E-state index < -0.39 is 14.9 Å². The summed E-state index contributed by atoms with van der Waals surface area (Å²) in [5, 5.41) is 10.7. The highest BCUT2D eigenvalue weighted by molar-refractivity contribution is 7.89. The van der Waals surface area contributed by atoms with E-state index in [-0.39, 0.29) is 17.1 Å². The molecule has 0 amide bonds. The molecule has 0 bridgehead atoms. The van der Waals surface area contributed by atoms with E-state index in [1.54, 1.807) is 23.3 Å². The van der Waals surface area contributed by atoms with Gasteiger partial charge in [0.1, 0.15) is 0 Å². The zero-order valence-electron chi connectivity index (χ0n) is 12.9. The predicted molar refractivity (Wildman–Crippen MR) is 90.7 cm³/mol. The minimum atomic E-state index is -3.78. The Morgan fingerprint density at radius 2 is 1.84 bits per heavy atom. The number of hydrogen-bond acceptors (Lipinski definition) is 5. The minimum absolute atomic E-state index is 0.0294. The molecule has 1 aromatic heterocycles. The van der Waals surface area contributed by atoms with E-state index in [1.807, 2.05) is 24.3 Å². The molecule has 8 nitrogen and oxygen atoms in total. The lowest BCUT2D eigenvalue weighted by atomic mass is 10.2. The van der Waals surface area contributed by atoms with E-state index >= 15 is 0 Å². The van der Waals surface area contributed by atoms with Crippen LogP contribution in [0.4, 0.5) is 5.69 Å². The van der Waals surface area contributed by atoms with E-state index in [1.165, 1.54) is 12.1 Å². The van der Waals surface area contributed by atoms with Crippen molar-refractivity contribution in [1.29, 1.82) is 0 Å². The molecule has 3 aromatic rings. The Morgan fingerprint density at radius 3 is 2.48 bits per heavy atom. The third-order valence-corrected chi connectivity index (χ3v) is 5.00. The highest BCUT2D eigenvalue weighted by Crippen LogP contribution is 2.18. The van der Waals surface area contributed by atoms with Crippen LogP contribution in [0.3, 0.4) is 0 Å². The van der Waals surface area contributed by atoms with Crippen molar-refractivity contribution in [2.75, 3.05) is 0 Å². The Hall–Kier alpha value is -3.04. The van der Waals surface area contributed by atoms with Gasteiger partial charge in [0, 0.05) is 31.1 Å². The van der Waals surface area contributed by atoms with Gasteiger partial charge in [-0.1, -0.05) is 18.2 Å². The Morgan fingerprint density at radius 1 is 1.12 bits per heavy atom. The summed E-state index contributed by atoms with van der Waals surface area (Å²) in [6.45, 7) is 0.0771. The van der Waals surface area contributed by atoms with Gasteiger partial charge >= 0.3 is 0 Å². The van der Waals surface area contributed by atoms with E-state index in [0.29, 0.717) is 0 Å². The summed E-state index contributed by atoms with van der Waals surface area (Å²) in [7, 11) is -3.78. The largest absolute Gasteiger partial charge is 0.306 e. The first-order valence-electron chi connectivity index (χ1n) is 7.28. The Labute approximate surface area is 144 Å². The average Bonchev–Trinajstić information content (AvgIpc) is 3.15. The fraction of sp³-hybridized carbons (Fsp3) is 0.0625. The van der Waals surface area contributed by atoms with Crippen molar-refractivity contribution in [2.45, 2.75) is 11.4 Å². The maximum absolute atomic E-state index is 12.4. The highest BCUT2D eigenvalue weighted by Gasteiger charge is 2.16. The number of rotatable bonds is 6. The number of nitrogens with zero attached hydrogens (tertiary/aromatic N) is 3. The van der Waals surface area contributed by atoms with Crippen LogP contribution < -0.4 is 4.72 Å². The molecule has 1 N–H and O–H groups in total. The van der Waals surface area contributed by atoms with Crippen molar-refractivity contribution in [3.63, 3.8) is 0 Å². The number of nitro groups is 1. The summed E-state index contributed by atoms with van der Waals surface area (Å²) in [5.41, 5.74) is 1.42. The molecule has 0 radical (unpaired) electrons. The van der Waals surface area contributed by atoms with Crippen LogP contribution in [0.2, 0.25) is 0 Å². The first-order valence-corrected chi connectivity index (χ1v) is 8.76. The smallest absolute Gasteiger partial charge is 0.269 e. The zero-order chi connectivity index (χ0) is 17.9. The van der Waals surface area contributed by atoms with Gasteiger partial charge in [-0.15, -0.1) is 0 Å². The predicted octanol–water partition coefficient (Wildman–Crippen LogP) is 2.26. The standard InChI is InChI=1S/C16H14N4O4S/c21-20(22)14-5-7-15(8-6-14)25(23,24)18-11-13-3-1-2-4-16(13)19-10-9-17-12-19/h1-10,12,18H,11H2. The topological polar surface area (TPSA) is 107 Å². The van der Waals surface area contributed by atoms with Crippen LogP contribution in [-0.2, 0) is 16.6 Å². The maximum atomic E-state index is 12.4. The number of aromatic nitrogens is 2. The van der Waals surface area contributed by atoms with Crippen LogP contribution in [0.15, 0.2) is 72.1 Å². The number of nitro benzene ring substituents is 1. The van der Waals surface area contributed by atoms with Crippen LogP contribution in [-0.4, -0.2) is 22.9 Å². The van der Waals surface area contributed by atoms with Gasteiger partial charge in [0.25, 0.3) is 5.69 Å². The summed E-state index contributed by atoms with van der Waals surface area (Å²) in [6, 6.07) is 12.1. The van der Waals surface area contributed by atoms with Gasteiger partial charge < -0.3 is 4.57 Å². The molecule has 128 valence electrons. The van der Waals surface area contributed by atoms with Gasteiger partial charge in [-0.2, -0.15) is 0 Å². The molecular formula is C16H14N4O4S. The van der Waals surface area contributed by atoms with Crippen LogP contribution in [0.25, 0.3) is 5.69 Å². The number of non-ortho nitro benzene ring substituents is 1. The average molecular weight is 358 g/mol. The number of nitrogens with one attached hydrogen (secondary N) is 1. The third-order valence-electron chi connectivity index (χ3n) is 3.58. The van der Waals surface area contributed by atoms with Gasteiger partial charge in [-0.25, -0.2) is 18.1 Å². The Balaban J connectivity index is 1.80. The fourth-order valence-corrected chi connectivity index (χ4v) is 3.32. The van der Waals surface area contributed by atoms with Crippen molar-refractivity contribution in [1.82, 2.24) is 14.3 Å². The Kier molecular flexibility index (Phi) is 4.59. The SMILES string of the molecule is O=[N+]([O-])c1ccc(S(=O)(=O)NCc2ccccc2-n2ccnc2)cc1.